The highest BCUT2D eigenvalue weighted by atomic mass is 32.2. The van der Waals surface area contributed by atoms with E-state index in [1.165, 1.54) is 26.6 Å². The molecular formula is C15H21N3S. The van der Waals surface area contributed by atoms with Crippen LogP contribution in [0.2, 0.25) is 0 Å². The van der Waals surface area contributed by atoms with Gasteiger partial charge < -0.3 is 5.32 Å². The van der Waals surface area contributed by atoms with E-state index in [9.17, 15) is 0 Å². The van der Waals surface area contributed by atoms with Crippen molar-refractivity contribution in [2.24, 2.45) is 7.05 Å². The lowest BCUT2D eigenvalue weighted by Crippen LogP contribution is -2.06. The third-order valence-corrected chi connectivity index (χ3v) is 4.53. The van der Waals surface area contributed by atoms with Gasteiger partial charge in [-0.25, -0.2) is 0 Å². The molecule has 102 valence electrons. The average molecular weight is 275 g/mol. The van der Waals surface area contributed by atoms with Gasteiger partial charge in [-0.05, 0) is 51.1 Å². The van der Waals surface area contributed by atoms with Crippen LogP contribution in [0.25, 0.3) is 0 Å². The van der Waals surface area contributed by atoms with Gasteiger partial charge in [-0.2, -0.15) is 5.10 Å². The van der Waals surface area contributed by atoms with E-state index < -0.39 is 0 Å². The van der Waals surface area contributed by atoms with Crippen LogP contribution in [0.5, 0.6) is 0 Å². The second-order valence-electron chi connectivity index (χ2n) is 4.87. The summed E-state index contributed by atoms with van der Waals surface area (Å²) in [5.41, 5.74) is 5.05. The summed E-state index contributed by atoms with van der Waals surface area (Å²) in [6, 6.07) is 6.60. The van der Waals surface area contributed by atoms with Gasteiger partial charge in [0.15, 0.2) is 0 Å². The highest BCUT2D eigenvalue weighted by Gasteiger charge is 2.13. The molecule has 0 bridgehead atoms. The van der Waals surface area contributed by atoms with Crippen LogP contribution in [0.15, 0.2) is 28.1 Å². The van der Waals surface area contributed by atoms with E-state index in [1.54, 1.807) is 11.8 Å². The third-order valence-electron chi connectivity index (χ3n) is 3.34. The minimum atomic E-state index is 0.854. The van der Waals surface area contributed by atoms with Gasteiger partial charge in [0.05, 0.1) is 5.69 Å². The van der Waals surface area contributed by atoms with E-state index >= 15 is 0 Å². The molecule has 0 spiro atoms. The molecule has 1 N–H and O–H groups in total. The number of hydrogen-bond donors (Lipinski definition) is 1. The summed E-state index contributed by atoms with van der Waals surface area (Å²) < 4.78 is 1.97. The summed E-state index contributed by atoms with van der Waals surface area (Å²) in [5, 5.41) is 8.96. The van der Waals surface area contributed by atoms with Gasteiger partial charge in [0.2, 0.25) is 0 Å². The van der Waals surface area contributed by atoms with Crippen LogP contribution in [-0.4, -0.2) is 16.8 Å². The SMILES string of the molecule is CNCc1c(C)nn(C)c1Sc1ccc(C)c(C)c1. The van der Waals surface area contributed by atoms with Crippen molar-refractivity contribution < 1.29 is 0 Å². The molecule has 19 heavy (non-hydrogen) atoms. The first-order valence-electron chi connectivity index (χ1n) is 6.45. The van der Waals surface area contributed by atoms with Gasteiger partial charge in [0.1, 0.15) is 5.03 Å². The molecule has 1 aromatic carbocycles. The number of aromatic nitrogens is 2. The van der Waals surface area contributed by atoms with E-state index in [4.69, 9.17) is 0 Å². The van der Waals surface area contributed by atoms with Crippen LogP contribution < -0.4 is 5.32 Å². The highest BCUT2D eigenvalue weighted by Crippen LogP contribution is 2.32. The lowest BCUT2D eigenvalue weighted by molar-refractivity contribution is 0.684. The minimum Gasteiger partial charge on any atom is -0.316 e. The van der Waals surface area contributed by atoms with Crippen molar-refractivity contribution in [1.29, 1.82) is 0 Å². The van der Waals surface area contributed by atoms with Gasteiger partial charge in [-0.15, -0.1) is 0 Å². The summed E-state index contributed by atoms with van der Waals surface area (Å²) in [6.07, 6.45) is 0. The van der Waals surface area contributed by atoms with E-state index in [0.717, 1.165) is 12.2 Å². The van der Waals surface area contributed by atoms with Gasteiger partial charge in [-0.1, -0.05) is 17.8 Å². The molecule has 0 amide bonds. The number of hydrogen-bond acceptors (Lipinski definition) is 3. The fourth-order valence-corrected chi connectivity index (χ4v) is 3.19. The predicted octanol–water partition coefficient (Wildman–Crippen LogP) is 3.22. The van der Waals surface area contributed by atoms with Crippen LogP contribution in [0, 0.1) is 20.8 Å². The van der Waals surface area contributed by atoms with Crippen LogP contribution in [0.4, 0.5) is 0 Å². The summed E-state index contributed by atoms with van der Waals surface area (Å²) in [5.74, 6) is 0. The Balaban J connectivity index is 2.34. The second-order valence-corrected chi connectivity index (χ2v) is 5.93. The normalized spacial score (nSPS) is 11.0. The van der Waals surface area contributed by atoms with Gasteiger partial charge >= 0.3 is 0 Å². The van der Waals surface area contributed by atoms with Crippen molar-refractivity contribution in [3.63, 3.8) is 0 Å². The highest BCUT2D eigenvalue weighted by molar-refractivity contribution is 7.99. The Kier molecular flexibility index (Phi) is 4.32. The van der Waals surface area contributed by atoms with E-state index in [2.05, 4.69) is 49.4 Å². The Bertz CT molecular complexity index is 587. The molecule has 0 radical (unpaired) electrons. The zero-order valence-corrected chi connectivity index (χ0v) is 13.1. The van der Waals surface area contributed by atoms with Crippen molar-refractivity contribution >= 4 is 11.8 Å². The molecule has 2 aromatic rings. The van der Waals surface area contributed by atoms with E-state index in [1.807, 2.05) is 18.8 Å². The quantitative estimate of drug-likeness (QED) is 0.929. The van der Waals surface area contributed by atoms with Gasteiger partial charge in [0.25, 0.3) is 0 Å². The number of benzene rings is 1. The van der Waals surface area contributed by atoms with Crippen LogP contribution in [0.3, 0.4) is 0 Å². The van der Waals surface area contributed by atoms with Crippen molar-refractivity contribution in [1.82, 2.24) is 15.1 Å². The van der Waals surface area contributed by atoms with Gasteiger partial charge in [-0.3, -0.25) is 4.68 Å². The van der Waals surface area contributed by atoms with Crippen molar-refractivity contribution in [3.8, 4) is 0 Å². The maximum Gasteiger partial charge on any atom is 0.103 e. The fraction of sp³-hybridized carbons (Fsp3) is 0.400. The van der Waals surface area contributed by atoms with Crippen molar-refractivity contribution in [3.05, 3.63) is 40.6 Å². The molecule has 0 saturated heterocycles. The molecule has 0 fully saturated rings. The van der Waals surface area contributed by atoms with Crippen molar-refractivity contribution in [2.45, 2.75) is 37.2 Å². The smallest absolute Gasteiger partial charge is 0.103 e. The third kappa shape index (κ3) is 3.01. The monoisotopic (exact) mass is 275 g/mol. The van der Waals surface area contributed by atoms with Crippen molar-refractivity contribution in [2.75, 3.05) is 7.05 Å². The number of nitrogens with zero attached hydrogens (tertiary/aromatic N) is 2. The largest absolute Gasteiger partial charge is 0.316 e. The molecule has 0 atom stereocenters. The summed E-state index contributed by atoms with van der Waals surface area (Å²) in [7, 11) is 3.98. The maximum absolute atomic E-state index is 4.52. The molecule has 0 unspecified atom stereocenters. The lowest BCUT2D eigenvalue weighted by Gasteiger charge is -2.08. The molecule has 0 aliphatic carbocycles. The Morgan fingerprint density at radius 2 is 1.95 bits per heavy atom. The first-order chi connectivity index (χ1) is 9.02. The minimum absolute atomic E-state index is 0.854. The zero-order chi connectivity index (χ0) is 14.0. The molecule has 0 aliphatic rings. The number of aryl methyl sites for hydroxylation is 4. The van der Waals surface area contributed by atoms with E-state index in [0.29, 0.717) is 0 Å². The molecule has 1 aromatic heterocycles. The first kappa shape index (κ1) is 14.2. The zero-order valence-electron chi connectivity index (χ0n) is 12.2. The molecule has 0 saturated carbocycles. The Morgan fingerprint density at radius 1 is 1.21 bits per heavy atom. The Morgan fingerprint density at radius 3 is 2.58 bits per heavy atom. The fourth-order valence-electron chi connectivity index (χ4n) is 2.08. The molecular weight excluding hydrogens is 254 g/mol. The van der Waals surface area contributed by atoms with E-state index in [-0.39, 0.29) is 0 Å². The summed E-state index contributed by atoms with van der Waals surface area (Å²) >= 11 is 1.78. The molecule has 1 heterocycles. The topological polar surface area (TPSA) is 29.9 Å². The lowest BCUT2D eigenvalue weighted by atomic mass is 10.1. The summed E-state index contributed by atoms with van der Waals surface area (Å²) in [6.45, 7) is 7.22. The Labute approximate surface area is 119 Å². The Hall–Kier alpha value is -1.26. The maximum atomic E-state index is 4.52. The first-order valence-corrected chi connectivity index (χ1v) is 7.26. The van der Waals surface area contributed by atoms with Gasteiger partial charge in [0, 0.05) is 24.1 Å². The van der Waals surface area contributed by atoms with Crippen LogP contribution >= 0.6 is 11.8 Å². The number of nitrogens with one attached hydrogen (secondary N) is 1. The van der Waals surface area contributed by atoms with Crippen LogP contribution in [-0.2, 0) is 13.6 Å². The molecule has 2 rings (SSSR count). The number of rotatable bonds is 4. The van der Waals surface area contributed by atoms with Crippen LogP contribution in [0.1, 0.15) is 22.4 Å². The standard InChI is InChI=1S/C15H21N3S/c1-10-6-7-13(8-11(10)2)19-15-14(9-16-4)12(3)17-18(15)5/h6-8,16H,9H2,1-5H3. The average Bonchev–Trinajstić information content (AvgIpc) is 2.61. The summed E-state index contributed by atoms with van der Waals surface area (Å²) in [4.78, 5) is 1.27. The molecule has 3 nitrogen and oxygen atoms in total. The predicted molar refractivity (Wildman–Crippen MR) is 80.7 cm³/mol. The molecule has 0 aliphatic heterocycles. The molecule has 4 heteroatoms. The second kappa shape index (κ2) is 5.80.